The summed E-state index contributed by atoms with van der Waals surface area (Å²) in [4.78, 5) is 24.0. The molecule has 2 aromatic heterocycles. The second-order valence-corrected chi connectivity index (χ2v) is 10.8. The van der Waals surface area contributed by atoms with Gasteiger partial charge >= 0.3 is 5.97 Å². The molecule has 0 radical (unpaired) electrons. The molecule has 1 N–H and O–H groups in total. The molecule has 2 aromatic rings. The van der Waals surface area contributed by atoms with Crippen molar-refractivity contribution in [3.8, 4) is 17.0 Å². The van der Waals surface area contributed by atoms with E-state index >= 15 is 0 Å². The molecule has 0 aliphatic carbocycles. The minimum Gasteiger partial charge on any atom is -0.492 e. The Labute approximate surface area is 203 Å². The van der Waals surface area contributed by atoms with Crippen molar-refractivity contribution in [2.24, 2.45) is 5.41 Å². The van der Waals surface area contributed by atoms with Gasteiger partial charge in [-0.25, -0.2) is 4.79 Å². The van der Waals surface area contributed by atoms with Crippen LogP contribution in [0.3, 0.4) is 0 Å². The van der Waals surface area contributed by atoms with Crippen molar-refractivity contribution in [2.45, 2.75) is 79.4 Å². The van der Waals surface area contributed by atoms with Crippen LogP contribution in [0.5, 0.6) is 5.75 Å². The van der Waals surface area contributed by atoms with Crippen LogP contribution in [0.25, 0.3) is 11.3 Å². The van der Waals surface area contributed by atoms with Gasteiger partial charge in [-0.3, -0.25) is 9.97 Å². The molecule has 0 aromatic carbocycles. The lowest BCUT2D eigenvalue weighted by Crippen LogP contribution is -2.39. The van der Waals surface area contributed by atoms with Crippen molar-refractivity contribution in [3.05, 3.63) is 35.8 Å². The number of aliphatic carboxylic acids is 1. The average Bonchev–Trinajstić information content (AvgIpc) is 2.76. The molecular weight excluding hydrogens is 430 g/mol. The molecule has 1 fully saturated rings. The third kappa shape index (κ3) is 6.26. The van der Waals surface area contributed by atoms with E-state index in [1.54, 1.807) is 12.4 Å². The standard InChI is InChI=1S/C27H39N3O4/c1-8-15-33-19-9-10-21(29-16-19)20-17-28-18(2)22(24(25(31)32)34-26(3,4)5)23(20)30-13-11-27(6,7)12-14-30/h9-10,16-17,24H,8,11-15H2,1-7H3,(H,31,32)/t24-/m0/s1. The molecule has 186 valence electrons. The van der Waals surface area contributed by atoms with E-state index in [0.29, 0.717) is 23.6 Å². The average molecular weight is 470 g/mol. The second-order valence-electron chi connectivity index (χ2n) is 10.8. The SMILES string of the molecule is CCCOc1ccc(-c2cnc(C)c([C@H](OC(C)(C)C)C(=O)O)c2N2CCC(C)(C)CC2)nc1. The first-order valence-electron chi connectivity index (χ1n) is 12.2. The van der Waals surface area contributed by atoms with Gasteiger partial charge in [-0.05, 0) is 64.5 Å². The molecule has 0 bridgehead atoms. The minimum atomic E-state index is -1.13. The van der Waals surface area contributed by atoms with Crippen molar-refractivity contribution < 1.29 is 19.4 Å². The number of hydrogen-bond acceptors (Lipinski definition) is 6. The fourth-order valence-electron chi connectivity index (χ4n) is 4.22. The summed E-state index contributed by atoms with van der Waals surface area (Å²) in [5.41, 5.74) is 3.28. The quantitative estimate of drug-likeness (QED) is 0.522. The summed E-state index contributed by atoms with van der Waals surface area (Å²) in [6, 6.07) is 3.82. The third-order valence-electron chi connectivity index (χ3n) is 6.16. The van der Waals surface area contributed by atoms with Gasteiger partial charge in [0.2, 0.25) is 0 Å². The van der Waals surface area contributed by atoms with Crippen LogP contribution >= 0.6 is 0 Å². The molecule has 1 atom stereocenters. The zero-order valence-corrected chi connectivity index (χ0v) is 21.6. The van der Waals surface area contributed by atoms with Gasteiger partial charge in [0.15, 0.2) is 6.10 Å². The maximum Gasteiger partial charge on any atom is 0.337 e. The number of aromatic nitrogens is 2. The fourth-order valence-corrected chi connectivity index (χ4v) is 4.22. The maximum absolute atomic E-state index is 12.5. The van der Waals surface area contributed by atoms with Gasteiger partial charge in [-0.1, -0.05) is 20.8 Å². The summed E-state index contributed by atoms with van der Waals surface area (Å²) in [7, 11) is 0. The summed E-state index contributed by atoms with van der Waals surface area (Å²) < 4.78 is 11.8. The number of ether oxygens (including phenoxy) is 2. The number of anilines is 1. The molecule has 34 heavy (non-hydrogen) atoms. The van der Waals surface area contributed by atoms with Gasteiger partial charge in [-0.15, -0.1) is 0 Å². The van der Waals surface area contributed by atoms with Crippen LogP contribution in [0, 0.1) is 12.3 Å². The van der Waals surface area contributed by atoms with E-state index in [2.05, 4.69) is 35.6 Å². The topological polar surface area (TPSA) is 84.8 Å². The molecule has 7 nitrogen and oxygen atoms in total. The molecule has 0 spiro atoms. The Balaban J connectivity index is 2.16. The van der Waals surface area contributed by atoms with E-state index in [0.717, 1.165) is 49.3 Å². The molecule has 7 heteroatoms. The van der Waals surface area contributed by atoms with Crippen LogP contribution in [0.1, 0.15) is 78.2 Å². The van der Waals surface area contributed by atoms with Crippen LogP contribution in [0.15, 0.2) is 24.5 Å². The highest BCUT2D eigenvalue weighted by Crippen LogP contribution is 2.43. The number of rotatable bonds is 8. The van der Waals surface area contributed by atoms with E-state index in [4.69, 9.17) is 9.47 Å². The van der Waals surface area contributed by atoms with Crippen LogP contribution in [-0.4, -0.2) is 46.3 Å². The molecule has 1 aliphatic heterocycles. The van der Waals surface area contributed by atoms with E-state index in [9.17, 15) is 9.90 Å². The zero-order chi connectivity index (χ0) is 25.1. The van der Waals surface area contributed by atoms with Crippen molar-refractivity contribution in [1.82, 2.24) is 9.97 Å². The molecular formula is C27H39N3O4. The highest BCUT2D eigenvalue weighted by Gasteiger charge is 2.35. The molecule has 0 amide bonds. The number of carboxylic acids is 1. The Hall–Kier alpha value is -2.67. The van der Waals surface area contributed by atoms with Gasteiger partial charge in [0, 0.05) is 36.1 Å². The molecule has 1 aliphatic rings. The number of piperidine rings is 1. The lowest BCUT2D eigenvalue weighted by molar-refractivity contribution is -0.160. The van der Waals surface area contributed by atoms with Crippen molar-refractivity contribution in [1.29, 1.82) is 0 Å². The third-order valence-corrected chi connectivity index (χ3v) is 6.16. The summed E-state index contributed by atoms with van der Waals surface area (Å²) >= 11 is 0. The van der Waals surface area contributed by atoms with Crippen molar-refractivity contribution in [3.63, 3.8) is 0 Å². The van der Waals surface area contributed by atoms with E-state index < -0.39 is 17.7 Å². The largest absolute Gasteiger partial charge is 0.492 e. The molecule has 3 heterocycles. The van der Waals surface area contributed by atoms with Crippen LogP contribution in [-0.2, 0) is 9.53 Å². The number of carbonyl (C=O) groups is 1. The summed E-state index contributed by atoms with van der Waals surface area (Å²) in [6.45, 7) is 16.4. The van der Waals surface area contributed by atoms with Gasteiger partial charge < -0.3 is 19.5 Å². The fraction of sp³-hybridized carbons (Fsp3) is 0.593. The van der Waals surface area contributed by atoms with Crippen LogP contribution < -0.4 is 9.64 Å². The van der Waals surface area contributed by atoms with Crippen LogP contribution in [0.4, 0.5) is 5.69 Å². The Kier molecular flexibility index (Phi) is 7.86. The van der Waals surface area contributed by atoms with Gasteiger partial charge in [-0.2, -0.15) is 0 Å². The highest BCUT2D eigenvalue weighted by molar-refractivity contribution is 5.85. The van der Waals surface area contributed by atoms with E-state index in [1.807, 2.05) is 39.8 Å². The minimum absolute atomic E-state index is 0.253. The lowest BCUT2D eigenvalue weighted by Gasteiger charge is -2.40. The van der Waals surface area contributed by atoms with Gasteiger partial charge in [0.1, 0.15) is 5.75 Å². The molecule has 1 saturated heterocycles. The van der Waals surface area contributed by atoms with Gasteiger partial charge in [0.25, 0.3) is 0 Å². The van der Waals surface area contributed by atoms with Crippen molar-refractivity contribution >= 4 is 11.7 Å². The number of hydrogen-bond donors (Lipinski definition) is 1. The molecule has 3 rings (SSSR count). The summed E-state index contributed by atoms with van der Waals surface area (Å²) in [6.07, 6.45) is 5.34. The first-order chi connectivity index (χ1) is 15.9. The monoisotopic (exact) mass is 469 g/mol. The Bertz CT molecular complexity index is 986. The number of pyridine rings is 2. The Morgan fingerprint density at radius 3 is 2.38 bits per heavy atom. The van der Waals surface area contributed by atoms with E-state index in [-0.39, 0.29) is 5.41 Å². The normalized spacial score (nSPS) is 16.9. The predicted octanol–water partition coefficient (Wildman–Crippen LogP) is 5.81. The summed E-state index contributed by atoms with van der Waals surface area (Å²) in [5, 5.41) is 10.2. The molecule has 0 unspecified atom stereocenters. The number of nitrogens with zero attached hydrogens (tertiary/aromatic N) is 3. The first-order valence-corrected chi connectivity index (χ1v) is 12.2. The van der Waals surface area contributed by atoms with Crippen molar-refractivity contribution in [2.75, 3.05) is 24.6 Å². The second kappa shape index (κ2) is 10.3. The smallest absolute Gasteiger partial charge is 0.337 e. The Morgan fingerprint density at radius 1 is 1.18 bits per heavy atom. The van der Waals surface area contributed by atoms with Gasteiger partial charge in [0.05, 0.1) is 29.8 Å². The summed E-state index contributed by atoms with van der Waals surface area (Å²) in [5.74, 6) is -0.307. The maximum atomic E-state index is 12.5. The Morgan fingerprint density at radius 2 is 1.85 bits per heavy atom. The highest BCUT2D eigenvalue weighted by atomic mass is 16.5. The van der Waals surface area contributed by atoms with Crippen LogP contribution in [0.2, 0.25) is 0 Å². The first kappa shape index (κ1) is 25.9. The lowest BCUT2D eigenvalue weighted by atomic mass is 9.82. The zero-order valence-electron chi connectivity index (χ0n) is 21.6. The van der Waals surface area contributed by atoms with E-state index in [1.165, 1.54) is 0 Å². The number of carboxylic acid groups (broad SMARTS) is 1. The predicted molar refractivity (Wildman–Crippen MR) is 134 cm³/mol. The molecule has 0 saturated carbocycles. The number of aryl methyl sites for hydroxylation is 1.